The topological polar surface area (TPSA) is 93.7 Å². The Hall–Kier alpha value is -3.59. The summed E-state index contributed by atoms with van der Waals surface area (Å²) in [4.78, 5) is 27.7. The van der Waals surface area contributed by atoms with Crippen LogP contribution in [0.5, 0.6) is 0 Å². The van der Waals surface area contributed by atoms with Crippen LogP contribution in [0.25, 0.3) is 11.3 Å². The van der Waals surface area contributed by atoms with Gasteiger partial charge in [-0.05, 0) is 42.3 Å². The second-order valence-electron chi connectivity index (χ2n) is 9.00. The van der Waals surface area contributed by atoms with Crippen LogP contribution in [0.4, 0.5) is 11.4 Å². The standard InChI is InChI=1S/C29H29N3O4S/c1-2-36-29(34)22-10-13-24-25(18-22)31-28(33)26(24)27(21-6-4-3-5-7-21)30-23-11-8-20(9-12-23)19-32-14-16-37(35)17-15-32/h3-13,18,30H,2,14-17,19H2,1H3,(H,31,33)/b27-26-. The van der Waals surface area contributed by atoms with Crippen molar-refractivity contribution in [3.63, 3.8) is 0 Å². The van der Waals surface area contributed by atoms with Crippen molar-refractivity contribution in [2.24, 2.45) is 0 Å². The molecule has 3 aromatic carbocycles. The van der Waals surface area contributed by atoms with E-state index in [9.17, 15) is 14.1 Å². The second-order valence-corrected chi connectivity index (χ2v) is 10.7. The zero-order chi connectivity index (χ0) is 25.8. The summed E-state index contributed by atoms with van der Waals surface area (Å²) in [7, 11) is 0. The molecule has 0 aromatic heterocycles. The molecule has 7 nitrogen and oxygen atoms in total. The van der Waals surface area contributed by atoms with Gasteiger partial charge in [0.25, 0.3) is 5.91 Å². The van der Waals surface area contributed by atoms with Crippen LogP contribution in [-0.4, -0.2) is 52.5 Å². The van der Waals surface area contributed by atoms with Crippen LogP contribution < -0.4 is 10.6 Å². The lowest BCUT2D eigenvalue weighted by Crippen LogP contribution is -2.39. The molecule has 2 N–H and O–H groups in total. The molecule has 2 aliphatic heterocycles. The fourth-order valence-corrected chi connectivity index (χ4v) is 5.70. The van der Waals surface area contributed by atoms with Gasteiger partial charge in [0, 0.05) is 30.9 Å². The third-order valence-electron chi connectivity index (χ3n) is 6.49. The third kappa shape index (κ3) is 5.72. The Morgan fingerprint density at radius 1 is 1.03 bits per heavy atom. The molecule has 0 bridgehead atoms. The van der Waals surface area contributed by atoms with E-state index >= 15 is 0 Å². The number of fused-ring (bicyclic) bond motifs is 1. The smallest absolute Gasteiger partial charge is 0.338 e. The highest BCUT2D eigenvalue weighted by molar-refractivity contribution is 7.91. The van der Waals surface area contributed by atoms with Gasteiger partial charge in [0.2, 0.25) is 0 Å². The van der Waals surface area contributed by atoms with Gasteiger partial charge in [0.05, 0.1) is 29.1 Å². The number of nitrogens with zero attached hydrogens (tertiary/aromatic N) is 1. The fourth-order valence-electron chi connectivity index (χ4n) is 4.58. The minimum atomic E-state index is -0.685. The molecule has 1 fully saturated rings. The maximum Gasteiger partial charge on any atom is 0.338 e. The monoisotopic (exact) mass is 515 g/mol. The normalized spacial score (nSPS) is 17.2. The predicted molar refractivity (Wildman–Crippen MR) is 148 cm³/mol. The van der Waals surface area contributed by atoms with Gasteiger partial charge in [-0.3, -0.25) is 9.69 Å². The SMILES string of the molecule is CCOC(=O)c1ccc2c(c1)NC(=O)/C2=C(\Nc1ccc(CN2CC[S+]([O-])CC2)cc1)c1ccccc1. The minimum absolute atomic E-state index is 0.235. The number of anilines is 2. The average Bonchev–Trinajstić information content (AvgIpc) is 3.25. The average molecular weight is 516 g/mol. The number of ether oxygens (including phenoxy) is 1. The summed E-state index contributed by atoms with van der Waals surface area (Å²) in [6.07, 6.45) is 0. The number of carbonyl (C=O) groups is 2. The zero-order valence-corrected chi connectivity index (χ0v) is 21.5. The number of carbonyl (C=O) groups excluding carboxylic acids is 2. The molecule has 3 aromatic rings. The first-order valence-corrected chi connectivity index (χ1v) is 13.9. The lowest BCUT2D eigenvalue weighted by molar-refractivity contribution is -0.110. The van der Waals surface area contributed by atoms with Gasteiger partial charge >= 0.3 is 5.97 Å². The Labute approximate surface area is 219 Å². The van der Waals surface area contributed by atoms with E-state index in [-0.39, 0.29) is 12.5 Å². The van der Waals surface area contributed by atoms with E-state index in [1.54, 1.807) is 25.1 Å². The number of amides is 1. The third-order valence-corrected chi connectivity index (χ3v) is 7.76. The molecule has 5 rings (SSSR count). The van der Waals surface area contributed by atoms with Gasteiger partial charge in [-0.1, -0.05) is 59.7 Å². The maximum absolute atomic E-state index is 13.2. The number of hydrogen-bond acceptors (Lipinski definition) is 6. The van der Waals surface area contributed by atoms with Crippen LogP contribution in [0.2, 0.25) is 0 Å². The Balaban J connectivity index is 1.44. The van der Waals surface area contributed by atoms with E-state index in [0.717, 1.165) is 48.0 Å². The van der Waals surface area contributed by atoms with Gasteiger partial charge in [0.1, 0.15) is 11.5 Å². The number of nitrogens with one attached hydrogen (secondary N) is 2. The van der Waals surface area contributed by atoms with E-state index in [1.807, 2.05) is 42.5 Å². The van der Waals surface area contributed by atoms with Crippen molar-refractivity contribution in [1.82, 2.24) is 4.90 Å². The largest absolute Gasteiger partial charge is 0.616 e. The van der Waals surface area contributed by atoms with Crippen molar-refractivity contribution in [3.8, 4) is 0 Å². The molecule has 190 valence electrons. The molecule has 1 saturated heterocycles. The molecule has 0 spiro atoms. The van der Waals surface area contributed by atoms with Crippen LogP contribution in [-0.2, 0) is 27.3 Å². The number of benzene rings is 3. The van der Waals surface area contributed by atoms with Crippen molar-refractivity contribution >= 4 is 45.7 Å². The van der Waals surface area contributed by atoms with Gasteiger partial charge < -0.3 is 19.9 Å². The maximum atomic E-state index is 13.2. The molecular weight excluding hydrogens is 486 g/mol. The molecule has 0 aliphatic carbocycles. The van der Waals surface area contributed by atoms with Crippen molar-refractivity contribution in [1.29, 1.82) is 0 Å². The summed E-state index contributed by atoms with van der Waals surface area (Å²) in [6.45, 7) is 4.57. The highest BCUT2D eigenvalue weighted by atomic mass is 32.2. The van der Waals surface area contributed by atoms with E-state index in [4.69, 9.17) is 4.74 Å². The summed E-state index contributed by atoms with van der Waals surface area (Å²) in [5.41, 5.74) is 5.82. The summed E-state index contributed by atoms with van der Waals surface area (Å²) in [5, 5.41) is 6.38. The van der Waals surface area contributed by atoms with Gasteiger partial charge in [-0.2, -0.15) is 0 Å². The number of hydrogen-bond donors (Lipinski definition) is 2. The molecule has 0 unspecified atom stereocenters. The van der Waals surface area contributed by atoms with Crippen LogP contribution in [0.1, 0.15) is 34.0 Å². The molecule has 0 atom stereocenters. The van der Waals surface area contributed by atoms with Crippen molar-refractivity contribution in [3.05, 3.63) is 95.1 Å². The lowest BCUT2D eigenvalue weighted by Gasteiger charge is -2.28. The van der Waals surface area contributed by atoms with Crippen LogP contribution in [0.15, 0.2) is 72.8 Å². The summed E-state index contributed by atoms with van der Waals surface area (Å²) < 4.78 is 16.7. The first-order chi connectivity index (χ1) is 18.0. The zero-order valence-electron chi connectivity index (χ0n) is 20.7. The summed E-state index contributed by atoms with van der Waals surface area (Å²) >= 11 is -0.685. The molecule has 0 radical (unpaired) electrons. The Bertz CT molecular complexity index is 1320. The molecule has 2 heterocycles. The molecule has 1 amide bonds. The van der Waals surface area contributed by atoms with Crippen molar-refractivity contribution in [2.75, 3.05) is 41.8 Å². The highest BCUT2D eigenvalue weighted by Crippen LogP contribution is 2.38. The van der Waals surface area contributed by atoms with Crippen LogP contribution in [0.3, 0.4) is 0 Å². The van der Waals surface area contributed by atoms with Gasteiger partial charge in [0.15, 0.2) is 0 Å². The lowest BCUT2D eigenvalue weighted by atomic mass is 9.99. The number of rotatable bonds is 7. The molecular formula is C29H29N3O4S. The quantitative estimate of drug-likeness (QED) is 0.276. The molecule has 37 heavy (non-hydrogen) atoms. The summed E-state index contributed by atoms with van der Waals surface area (Å²) in [6, 6.07) is 23.0. The van der Waals surface area contributed by atoms with Crippen molar-refractivity contribution < 1.29 is 18.9 Å². The molecule has 2 aliphatic rings. The highest BCUT2D eigenvalue weighted by Gasteiger charge is 2.29. The van der Waals surface area contributed by atoms with Crippen LogP contribution >= 0.6 is 0 Å². The minimum Gasteiger partial charge on any atom is -0.616 e. The fraction of sp³-hybridized carbons (Fsp3) is 0.241. The van der Waals surface area contributed by atoms with Gasteiger partial charge in [-0.25, -0.2) is 4.79 Å². The van der Waals surface area contributed by atoms with Gasteiger partial charge in [-0.15, -0.1) is 0 Å². The summed E-state index contributed by atoms with van der Waals surface area (Å²) in [5.74, 6) is 0.814. The van der Waals surface area contributed by atoms with Crippen molar-refractivity contribution in [2.45, 2.75) is 13.5 Å². The predicted octanol–water partition coefficient (Wildman–Crippen LogP) is 4.36. The van der Waals surface area contributed by atoms with E-state index in [1.165, 1.54) is 5.56 Å². The second kappa shape index (κ2) is 11.2. The molecule has 0 saturated carbocycles. The molecule has 8 heteroatoms. The van der Waals surface area contributed by atoms with E-state index in [0.29, 0.717) is 22.5 Å². The first kappa shape index (κ1) is 25.1. The number of esters is 1. The first-order valence-electron chi connectivity index (χ1n) is 12.4. The Kier molecular flexibility index (Phi) is 7.60. The Morgan fingerprint density at radius 2 is 1.76 bits per heavy atom. The van der Waals surface area contributed by atoms with E-state index < -0.39 is 17.1 Å². The van der Waals surface area contributed by atoms with E-state index in [2.05, 4.69) is 27.7 Å². The Morgan fingerprint density at radius 3 is 2.46 bits per heavy atom. The van der Waals surface area contributed by atoms with Crippen LogP contribution in [0, 0.1) is 0 Å².